The van der Waals surface area contributed by atoms with E-state index >= 15 is 0 Å². The number of hydrogen-bond acceptors (Lipinski definition) is 2. The number of hydrogen-bond donors (Lipinski definition) is 1. The highest BCUT2D eigenvalue weighted by molar-refractivity contribution is 9.10. The molecule has 0 aliphatic carbocycles. The van der Waals surface area contributed by atoms with E-state index in [1.807, 2.05) is 66.7 Å². The summed E-state index contributed by atoms with van der Waals surface area (Å²) in [6, 6.07) is 26.1. The van der Waals surface area contributed by atoms with Crippen molar-refractivity contribution in [2.75, 3.05) is 5.32 Å². The van der Waals surface area contributed by atoms with Gasteiger partial charge >= 0.3 is 0 Å². The van der Waals surface area contributed by atoms with Gasteiger partial charge in [-0.05, 0) is 54.1 Å². The van der Waals surface area contributed by atoms with Crippen molar-refractivity contribution in [1.82, 2.24) is 0 Å². The topological polar surface area (TPSA) is 21.3 Å². The van der Waals surface area contributed by atoms with Crippen LogP contribution < -0.4 is 10.1 Å². The lowest BCUT2D eigenvalue weighted by Crippen LogP contribution is -1.98. The van der Waals surface area contributed by atoms with Crippen molar-refractivity contribution in [3.05, 3.63) is 88.9 Å². The van der Waals surface area contributed by atoms with Crippen molar-refractivity contribution in [3.63, 3.8) is 0 Å². The predicted octanol–water partition coefficient (Wildman–Crippen LogP) is 5.85. The van der Waals surface area contributed by atoms with Gasteiger partial charge in [0, 0.05) is 16.7 Å². The molecule has 0 heterocycles. The van der Waals surface area contributed by atoms with Crippen LogP contribution in [0.5, 0.6) is 11.5 Å². The Bertz CT molecular complexity index is 709. The first-order valence-corrected chi connectivity index (χ1v) is 7.90. The Balaban J connectivity index is 1.58. The third-order valence-electron chi connectivity index (χ3n) is 3.24. The number of anilines is 1. The van der Waals surface area contributed by atoms with Gasteiger partial charge in [-0.1, -0.05) is 46.3 Å². The first-order chi connectivity index (χ1) is 10.8. The van der Waals surface area contributed by atoms with Crippen LogP contribution in [-0.4, -0.2) is 0 Å². The fraction of sp³-hybridized carbons (Fsp3) is 0.0526. The second kappa shape index (κ2) is 7.14. The number of halogens is 1. The van der Waals surface area contributed by atoms with Gasteiger partial charge in [0.1, 0.15) is 11.5 Å². The van der Waals surface area contributed by atoms with E-state index in [4.69, 9.17) is 4.74 Å². The van der Waals surface area contributed by atoms with Gasteiger partial charge < -0.3 is 10.1 Å². The van der Waals surface area contributed by atoms with Crippen LogP contribution in [0.1, 0.15) is 5.56 Å². The molecule has 0 saturated heterocycles. The second-order valence-electron chi connectivity index (χ2n) is 4.92. The third-order valence-corrected chi connectivity index (χ3v) is 3.77. The molecular formula is C19H16BrNO. The normalized spacial score (nSPS) is 10.2. The molecule has 0 saturated carbocycles. The highest BCUT2D eigenvalue weighted by atomic mass is 79.9. The van der Waals surface area contributed by atoms with Crippen molar-refractivity contribution >= 4 is 21.6 Å². The first kappa shape index (κ1) is 14.7. The van der Waals surface area contributed by atoms with E-state index in [9.17, 15) is 0 Å². The van der Waals surface area contributed by atoms with Crippen molar-refractivity contribution in [3.8, 4) is 11.5 Å². The molecule has 0 aliphatic rings. The highest BCUT2D eigenvalue weighted by Crippen LogP contribution is 2.23. The number of ether oxygens (including phenoxy) is 1. The zero-order valence-electron chi connectivity index (χ0n) is 12.0. The van der Waals surface area contributed by atoms with Crippen LogP contribution in [0.3, 0.4) is 0 Å². The molecule has 0 spiro atoms. The quantitative estimate of drug-likeness (QED) is 0.620. The number of benzene rings is 3. The van der Waals surface area contributed by atoms with Gasteiger partial charge in [0.2, 0.25) is 0 Å². The molecular weight excluding hydrogens is 338 g/mol. The molecule has 2 nitrogen and oxygen atoms in total. The summed E-state index contributed by atoms with van der Waals surface area (Å²) in [5.41, 5.74) is 2.32. The molecule has 0 bridgehead atoms. The Morgan fingerprint density at radius 2 is 1.36 bits per heavy atom. The summed E-state index contributed by atoms with van der Waals surface area (Å²) in [6.45, 7) is 0.798. The van der Waals surface area contributed by atoms with E-state index < -0.39 is 0 Å². The van der Waals surface area contributed by atoms with E-state index in [1.165, 1.54) is 5.56 Å². The van der Waals surface area contributed by atoms with Gasteiger partial charge in [0.05, 0.1) is 0 Å². The summed E-state index contributed by atoms with van der Waals surface area (Å²) < 4.78 is 6.87. The van der Waals surface area contributed by atoms with E-state index in [0.717, 1.165) is 28.2 Å². The summed E-state index contributed by atoms with van der Waals surface area (Å²) >= 11 is 3.44. The van der Waals surface area contributed by atoms with E-state index in [-0.39, 0.29) is 0 Å². The number of para-hydroxylation sites is 1. The second-order valence-corrected chi connectivity index (χ2v) is 5.84. The van der Waals surface area contributed by atoms with Crippen molar-refractivity contribution in [2.24, 2.45) is 0 Å². The zero-order chi connectivity index (χ0) is 15.2. The Morgan fingerprint density at radius 1 is 0.727 bits per heavy atom. The first-order valence-electron chi connectivity index (χ1n) is 7.11. The van der Waals surface area contributed by atoms with Crippen LogP contribution in [-0.2, 0) is 6.54 Å². The number of nitrogens with one attached hydrogen (secondary N) is 1. The molecule has 0 aromatic heterocycles. The maximum Gasteiger partial charge on any atom is 0.127 e. The maximum atomic E-state index is 5.78. The molecule has 110 valence electrons. The van der Waals surface area contributed by atoms with Crippen LogP contribution in [0.15, 0.2) is 83.3 Å². The lowest BCUT2D eigenvalue weighted by Gasteiger charge is -2.09. The van der Waals surface area contributed by atoms with E-state index in [1.54, 1.807) is 0 Å². The van der Waals surface area contributed by atoms with Crippen LogP contribution >= 0.6 is 15.9 Å². The molecule has 0 aliphatic heterocycles. The minimum Gasteiger partial charge on any atom is -0.457 e. The van der Waals surface area contributed by atoms with Crippen molar-refractivity contribution in [2.45, 2.75) is 6.54 Å². The standard InChI is InChI=1S/C19H16BrNO/c20-16-8-6-15(7-9-16)14-21-17-10-12-19(13-11-17)22-18-4-2-1-3-5-18/h1-13,21H,14H2. The highest BCUT2D eigenvalue weighted by Gasteiger charge is 1.98. The van der Waals surface area contributed by atoms with Gasteiger partial charge in [-0.15, -0.1) is 0 Å². The Morgan fingerprint density at radius 3 is 2.05 bits per heavy atom. The Hall–Kier alpha value is -2.26. The summed E-state index contributed by atoms with van der Waals surface area (Å²) in [5, 5.41) is 3.40. The molecule has 3 rings (SSSR count). The molecule has 0 unspecified atom stereocenters. The van der Waals surface area contributed by atoms with Crippen molar-refractivity contribution in [1.29, 1.82) is 0 Å². The monoisotopic (exact) mass is 353 g/mol. The minimum atomic E-state index is 0.798. The van der Waals surface area contributed by atoms with Crippen LogP contribution in [0.25, 0.3) is 0 Å². The molecule has 0 amide bonds. The average molecular weight is 354 g/mol. The zero-order valence-corrected chi connectivity index (χ0v) is 13.6. The SMILES string of the molecule is Brc1ccc(CNc2ccc(Oc3ccccc3)cc2)cc1. The molecule has 0 radical (unpaired) electrons. The molecule has 3 aromatic carbocycles. The van der Waals surface area contributed by atoms with Gasteiger partial charge in [-0.3, -0.25) is 0 Å². The van der Waals surface area contributed by atoms with Crippen molar-refractivity contribution < 1.29 is 4.74 Å². The Labute approximate surface area is 138 Å². The predicted molar refractivity (Wildman–Crippen MR) is 94.4 cm³/mol. The van der Waals surface area contributed by atoms with Gasteiger partial charge in [-0.25, -0.2) is 0 Å². The van der Waals surface area contributed by atoms with Gasteiger partial charge in [0.25, 0.3) is 0 Å². The number of rotatable bonds is 5. The average Bonchev–Trinajstić information content (AvgIpc) is 2.57. The fourth-order valence-electron chi connectivity index (χ4n) is 2.07. The molecule has 3 aromatic rings. The summed E-state index contributed by atoms with van der Waals surface area (Å²) in [5.74, 6) is 1.68. The van der Waals surface area contributed by atoms with Crippen LogP contribution in [0.2, 0.25) is 0 Å². The summed E-state index contributed by atoms with van der Waals surface area (Å²) in [7, 11) is 0. The minimum absolute atomic E-state index is 0.798. The molecule has 0 atom stereocenters. The Kier molecular flexibility index (Phi) is 4.76. The summed E-state index contributed by atoms with van der Waals surface area (Å²) in [6.07, 6.45) is 0. The maximum absolute atomic E-state index is 5.78. The van der Waals surface area contributed by atoms with E-state index in [0.29, 0.717) is 0 Å². The lowest BCUT2D eigenvalue weighted by atomic mass is 10.2. The van der Waals surface area contributed by atoms with Crippen LogP contribution in [0.4, 0.5) is 5.69 Å². The van der Waals surface area contributed by atoms with Gasteiger partial charge in [-0.2, -0.15) is 0 Å². The third kappa shape index (κ3) is 4.12. The van der Waals surface area contributed by atoms with E-state index in [2.05, 4.69) is 33.4 Å². The molecule has 1 N–H and O–H groups in total. The lowest BCUT2D eigenvalue weighted by molar-refractivity contribution is 0.483. The van der Waals surface area contributed by atoms with Crippen LogP contribution in [0, 0.1) is 0 Å². The summed E-state index contributed by atoms with van der Waals surface area (Å²) in [4.78, 5) is 0. The van der Waals surface area contributed by atoms with Gasteiger partial charge in [0.15, 0.2) is 0 Å². The largest absolute Gasteiger partial charge is 0.457 e. The smallest absolute Gasteiger partial charge is 0.127 e. The molecule has 0 fully saturated rings. The molecule has 22 heavy (non-hydrogen) atoms. The molecule has 3 heteroatoms. The fourth-order valence-corrected chi connectivity index (χ4v) is 2.34.